The van der Waals surface area contributed by atoms with Crippen LogP contribution in [0.4, 0.5) is 0 Å². The highest BCUT2D eigenvalue weighted by atomic mass is 16.5. The van der Waals surface area contributed by atoms with Gasteiger partial charge < -0.3 is 9.84 Å². The number of benzene rings is 1. The summed E-state index contributed by atoms with van der Waals surface area (Å²) in [7, 11) is 0. The molecule has 0 aromatic heterocycles. The number of aliphatic hydroxyl groups excluding tert-OH is 1. The van der Waals surface area contributed by atoms with Crippen molar-refractivity contribution in [3.63, 3.8) is 0 Å². The van der Waals surface area contributed by atoms with E-state index in [1.165, 1.54) is 11.1 Å². The zero-order chi connectivity index (χ0) is 21.2. The second-order valence-electron chi connectivity index (χ2n) is 9.89. The second kappa shape index (κ2) is 8.73. The van der Waals surface area contributed by atoms with Crippen LogP contribution in [0.5, 0.6) is 0 Å². The molecule has 3 unspecified atom stereocenters. The van der Waals surface area contributed by atoms with E-state index in [-0.39, 0.29) is 35.5 Å². The maximum Gasteiger partial charge on any atom is 0.338 e. The molecule has 3 atom stereocenters. The topological polar surface area (TPSA) is 63.6 Å². The fourth-order valence-electron chi connectivity index (χ4n) is 4.65. The Labute approximate surface area is 174 Å². The molecular weight excluding hydrogens is 364 g/mol. The van der Waals surface area contributed by atoms with Gasteiger partial charge in [0.1, 0.15) is 18.1 Å². The number of hydrogen-bond donors (Lipinski definition) is 1. The van der Waals surface area contributed by atoms with Gasteiger partial charge in [0.05, 0.1) is 5.57 Å². The Kier molecular flexibility index (Phi) is 6.50. The Hall–Kier alpha value is -2.10. The zero-order valence-electron chi connectivity index (χ0n) is 18.2. The third-order valence-corrected chi connectivity index (χ3v) is 6.46. The maximum absolute atomic E-state index is 13.1. The fourth-order valence-corrected chi connectivity index (χ4v) is 4.65. The summed E-state index contributed by atoms with van der Waals surface area (Å²) in [6, 6.07) is 8.64. The Morgan fingerprint density at radius 3 is 2.48 bits per heavy atom. The largest absolute Gasteiger partial charge is 0.508 e. The lowest BCUT2D eigenvalue weighted by molar-refractivity contribution is -0.136. The molecule has 2 aliphatic rings. The van der Waals surface area contributed by atoms with Crippen LogP contribution in [0.15, 0.2) is 35.6 Å². The molecule has 1 N–H and O–H groups in total. The number of esters is 1. The van der Waals surface area contributed by atoms with E-state index in [1.54, 1.807) is 0 Å². The molecule has 3 rings (SSSR count). The van der Waals surface area contributed by atoms with Crippen LogP contribution in [0.2, 0.25) is 0 Å². The van der Waals surface area contributed by atoms with E-state index in [9.17, 15) is 14.7 Å². The molecule has 1 aromatic rings. The number of ether oxygens (including phenoxy) is 1. The van der Waals surface area contributed by atoms with Gasteiger partial charge in [-0.15, -0.1) is 0 Å². The highest BCUT2D eigenvalue weighted by Gasteiger charge is 2.33. The van der Waals surface area contributed by atoms with Gasteiger partial charge in [-0.2, -0.15) is 0 Å². The fraction of sp³-hybridized carbons (Fsp3) is 0.600. The van der Waals surface area contributed by atoms with Gasteiger partial charge in [0, 0.05) is 11.8 Å². The maximum atomic E-state index is 13.1. The number of Topliss-reactive ketones (excluding diaryl/α,β-unsaturated/α-hetero) is 1. The van der Waals surface area contributed by atoms with Gasteiger partial charge in [0.25, 0.3) is 0 Å². The van der Waals surface area contributed by atoms with Crippen molar-refractivity contribution >= 4 is 11.8 Å². The number of carbonyl (C=O) groups is 2. The first-order valence-electron chi connectivity index (χ1n) is 10.9. The van der Waals surface area contributed by atoms with Gasteiger partial charge in [-0.3, -0.25) is 4.79 Å². The number of ketones is 1. The monoisotopic (exact) mass is 398 g/mol. The van der Waals surface area contributed by atoms with Gasteiger partial charge in [-0.05, 0) is 48.1 Å². The summed E-state index contributed by atoms with van der Waals surface area (Å²) < 4.78 is 4.90. The smallest absolute Gasteiger partial charge is 0.338 e. The van der Waals surface area contributed by atoms with Gasteiger partial charge in [0.2, 0.25) is 0 Å². The number of carbonyl (C=O) groups excluding carboxylic acids is 2. The molecule has 1 saturated carbocycles. The lowest BCUT2D eigenvalue weighted by Crippen LogP contribution is -2.28. The molecule has 0 bridgehead atoms. The molecule has 1 aliphatic carbocycles. The first kappa shape index (κ1) is 21.6. The highest BCUT2D eigenvalue weighted by Crippen LogP contribution is 2.36. The SMILES string of the molecule is CC(Cc1ccc(C(C)(C)C)cc1)C(=O)C1CCCC(CC2=C(O)COC2=O)C1. The second-order valence-corrected chi connectivity index (χ2v) is 9.89. The average Bonchev–Trinajstić information content (AvgIpc) is 2.99. The van der Waals surface area contributed by atoms with Crippen LogP contribution in [-0.4, -0.2) is 23.5 Å². The van der Waals surface area contributed by atoms with Crippen LogP contribution in [0.25, 0.3) is 0 Å². The Morgan fingerprint density at radius 1 is 1.21 bits per heavy atom. The average molecular weight is 399 g/mol. The lowest BCUT2D eigenvalue weighted by atomic mass is 9.74. The normalized spacial score (nSPS) is 23.8. The zero-order valence-corrected chi connectivity index (χ0v) is 18.2. The summed E-state index contributed by atoms with van der Waals surface area (Å²) in [5, 5.41) is 9.85. The molecule has 0 radical (unpaired) electrons. The van der Waals surface area contributed by atoms with Gasteiger partial charge in [0.15, 0.2) is 0 Å². The van der Waals surface area contributed by atoms with Crippen LogP contribution >= 0.6 is 0 Å². The van der Waals surface area contributed by atoms with Crippen molar-refractivity contribution in [1.29, 1.82) is 0 Å². The summed E-state index contributed by atoms with van der Waals surface area (Å²) in [5.41, 5.74) is 3.05. The molecule has 1 aliphatic heterocycles. The van der Waals surface area contributed by atoms with Crippen LogP contribution in [0.1, 0.15) is 70.9 Å². The summed E-state index contributed by atoms with van der Waals surface area (Å²) in [4.78, 5) is 24.9. The van der Waals surface area contributed by atoms with Crippen molar-refractivity contribution in [2.45, 2.75) is 71.6 Å². The van der Waals surface area contributed by atoms with E-state index in [0.29, 0.717) is 17.8 Å². The van der Waals surface area contributed by atoms with Crippen molar-refractivity contribution in [1.82, 2.24) is 0 Å². The number of aliphatic hydroxyl groups is 1. The van der Waals surface area contributed by atoms with E-state index in [0.717, 1.165) is 32.1 Å². The standard InChI is InChI=1S/C25H34O4/c1-16(12-17-8-10-20(11-9-17)25(2,3)4)23(27)19-7-5-6-18(13-19)14-21-22(26)15-29-24(21)28/h8-11,16,18-19,26H,5-7,12-15H2,1-4H3. The van der Waals surface area contributed by atoms with Crippen molar-refractivity contribution in [3.05, 3.63) is 46.7 Å². The Bertz CT molecular complexity index is 782. The first-order valence-corrected chi connectivity index (χ1v) is 10.9. The third kappa shape index (κ3) is 5.29. The van der Waals surface area contributed by atoms with E-state index in [4.69, 9.17) is 4.74 Å². The number of rotatable bonds is 6. The molecule has 4 heteroatoms. The third-order valence-electron chi connectivity index (χ3n) is 6.46. The quantitative estimate of drug-likeness (QED) is 0.661. The predicted molar refractivity (Wildman–Crippen MR) is 114 cm³/mol. The predicted octanol–water partition coefficient (Wildman–Crippen LogP) is 5.30. The minimum Gasteiger partial charge on any atom is -0.508 e. The molecule has 0 amide bonds. The Balaban J connectivity index is 1.57. The molecule has 158 valence electrons. The van der Waals surface area contributed by atoms with Gasteiger partial charge in [-0.1, -0.05) is 64.8 Å². The minimum absolute atomic E-state index is 0.00567. The van der Waals surface area contributed by atoms with E-state index >= 15 is 0 Å². The summed E-state index contributed by atoms with van der Waals surface area (Å²) >= 11 is 0. The van der Waals surface area contributed by atoms with Crippen LogP contribution < -0.4 is 0 Å². The van der Waals surface area contributed by atoms with Gasteiger partial charge in [-0.25, -0.2) is 4.79 Å². The first-order chi connectivity index (χ1) is 13.6. The van der Waals surface area contributed by atoms with Crippen LogP contribution in [-0.2, 0) is 26.2 Å². The summed E-state index contributed by atoms with van der Waals surface area (Å²) in [5.74, 6) is 0.306. The molecule has 1 aromatic carbocycles. The van der Waals surface area contributed by atoms with Crippen molar-refractivity contribution in [2.24, 2.45) is 17.8 Å². The van der Waals surface area contributed by atoms with E-state index < -0.39 is 5.97 Å². The minimum atomic E-state index is -0.400. The number of cyclic esters (lactones) is 1. The van der Waals surface area contributed by atoms with E-state index in [2.05, 4.69) is 45.0 Å². The molecule has 1 heterocycles. The molecule has 1 fully saturated rings. The molecule has 4 nitrogen and oxygen atoms in total. The molecular formula is C25H34O4. The highest BCUT2D eigenvalue weighted by molar-refractivity contribution is 5.91. The number of hydrogen-bond acceptors (Lipinski definition) is 4. The Morgan fingerprint density at radius 2 is 1.90 bits per heavy atom. The van der Waals surface area contributed by atoms with Crippen LogP contribution in [0.3, 0.4) is 0 Å². The summed E-state index contributed by atoms with van der Waals surface area (Å²) in [6.07, 6.45) is 5.02. The van der Waals surface area contributed by atoms with E-state index in [1.807, 2.05) is 6.92 Å². The molecule has 0 saturated heterocycles. The van der Waals surface area contributed by atoms with Crippen molar-refractivity contribution < 1.29 is 19.4 Å². The van der Waals surface area contributed by atoms with Crippen LogP contribution in [0, 0.1) is 17.8 Å². The molecule has 0 spiro atoms. The molecule has 29 heavy (non-hydrogen) atoms. The van der Waals surface area contributed by atoms with Crippen molar-refractivity contribution in [2.75, 3.05) is 6.61 Å². The van der Waals surface area contributed by atoms with Gasteiger partial charge >= 0.3 is 5.97 Å². The summed E-state index contributed by atoms with van der Waals surface area (Å²) in [6.45, 7) is 8.64. The van der Waals surface area contributed by atoms with Crippen molar-refractivity contribution in [3.8, 4) is 0 Å². The lowest BCUT2D eigenvalue weighted by Gasteiger charge is -2.30.